The highest BCUT2D eigenvalue weighted by atomic mass is 16.7. The Labute approximate surface area is 115 Å². The summed E-state index contributed by atoms with van der Waals surface area (Å²) in [5.74, 6) is 0.824. The number of H-pyrrole nitrogens is 1. The average Bonchev–Trinajstić information content (AvgIpc) is 3.18. The fourth-order valence-corrected chi connectivity index (χ4v) is 2.51. The van der Waals surface area contributed by atoms with Gasteiger partial charge in [0.2, 0.25) is 0 Å². The van der Waals surface area contributed by atoms with Crippen molar-refractivity contribution < 1.29 is 13.9 Å². The summed E-state index contributed by atoms with van der Waals surface area (Å²) in [6.07, 6.45) is 5.79. The molecule has 1 aliphatic rings. The van der Waals surface area contributed by atoms with Crippen LogP contribution >= 0.6 is 0 Å². The number of ether oxygens (including phenoxy) is 2. The topological polar surface area (TPSA) is 60.3 Å². The lowest BCUT2D eigenvalue weighted by atomic mass is 10.1. The van der Waals surface area contributed by atoms with Gasteiger partial charge in [0.15, 0.2) is 6.29 Å². The van der Waals surface area contributed by atoms with Crippen LogP contribution in [0, 0.1) is 0 Å². The van der Waals surface area contributed by atoms with Crippen LogP contribution in [0.25, 0.3) is 22.4 Å². The minimum atomic E-state index is -0.368. The molecule has 0 aliphatic carbocycles. The summed E-state index contributed by atoms with van der Waals surface area (Å²) < 4.78 is 17.0. The molecule has 102 valence electrons. The molecule has 0 atom stereocenters. The molecule has 1 aliphatic heterocycles. The second-order valence-electron chi connectivity index (χ2n) is 4.77. The molecule has 5 nitrogen and oxygen atoms in total. The highest BCUT2D eigenvalue weighted by Crippen LogP contribution is 2.33. The number of aromatic amines is 1. The Hall–Kier alpha value is -2.11. The van der Waals surface area contributed by atoms with E-state index in [1.54, 1.807) is 12.5 Å². The van der Waals surface area contributed by atoms with E-state index in [0.29, 0.717) is 13.2 Å². The van der Waals surface area contributed by atoms with Gasteiger partial charge in [0, 0.05) is 23.3 Å². The van der Waals surface area contributed by atoms with Gasteiger partial charge in [-0.25, -0.2) is 4.98 Å². The first kappa shape index (κ1) is 11.7. The molecule has 0 spiro atoms. The van der Waals surface area contributed by atoms with Gasteiger partial charge in [0.1, 0.15) is 11.4 Å². The lowest BCUT2D eigenvalue weighted by molar-refractivity contribution is -0.182. The summed E-state index contributed by atoms with van der Waals surface area (Å²) >= 11 is 0. The van der Waals surface area contributed by atoms with E-state index in [9.17, 15) is 0 Å². The molecule has 0 saturated carbocycles. The molecule has 0 radical (unpaired) electrons. The van der Waals surface area contributed by atoms with E-state index in [1.807, 2.05) is 24.4 Å². The van der Waals surface area contributed by atoms with Crippen LogP contribution in [0.15, 0.2) is 41.3 Å². The Morgan fingerprint density at radius 3 is 2.90 bits per heavy atom. The van der Waals surface area contributed by atoms with Gasteiger partial charge in [-0.1, -0.05) is 0 Å². The largest absolute Gasteiger partial charge is 0.464 e. The van der Waals surface area contributed by atoms with Gasteiger partial charge in [-0.2, -0.15) is 0 Å². The number of hydrogen-bond donors (Lipinski definition) is 1. The molecule has 3 heterocycles. The maximum atomic E-state index is 5.70. The molecular formula is C15H14N2O3. The van der Waals surface area contributed by atoms with Crippen LogP contribution in [0.3, 0.4) is 0 Å². The first-order chi connectivity index (χ1) is 9.92. The number of furan rings is 1. The van der Waals surface area contributed by atoms with E-state index >= 15 is 0 Å². The highest BCUT2D eigenvalue weighted by molar-refractivity contribution is 5.85. The number of aromatic nitrogens is 2. The number of imidazole rings is 1. The van der Waals surface area contributed by atoms with Crippen molar-refractivity contribution in [3.8, 4) is 11.4 Å². The number of hydrogen-bond acceptors (Lipinski definition) is 4. The van der Waals surface area contributed by atoms with Crippen LogP contribution in [0.4, 0.5) is 0 Å². The SMILES string of the molecule is c1c[nH]c(-c2cc(C3OCCCO3)c3occc3c2)n1. The molecule has 2 aromatic heterocycles. The monoisotopic (exact) mass is 270 g/mol. The number of nitrogens with zero attached hydrogens (tertiary/aromatic N) is 1. The van der Waals surface area contributed by atoms with E-state index in [-0.39, 0.29) is 6.29 Å². The molecule has 20 heavy (non-hydrogen) atoms. The molecule has 0 unspecified atom stereocenters. The van der Waals surface area contributed by atoms with Gasteiger partial charge in [0.25, 0.3) is 0 Å². The Morgan fingerprint density at radius 2 is 2.10 bits per heavy atom. The van der Waals surface area contributed by atoms with E-state index < -0.39 is 0 Å². The minimum absolute atomic E-state index is 0.368. The van der Waals surface area contributed by atoms with Crippen LogP contribution in [0.2, 0.25) is 0 Å². The molecule has 1 N–H and O–H groups in total. The van der Waals surface area contributed by atoms with Crippen molar-refractivity contribution in [2.75, 3.05) is 13.2 Å². The summed E-state index contributed by atoms with van der Waals surface area (Å²) in [5, 5.41) is 1.02. The van der Waals surface area contributed by atoms with Crippen molar-refractivity contribution in [3.05, 3.63) is 42.4 Å². The quantitative estimate of drug-likeness (QED) is 0.776. The Bertz CT molecular complexity index is 712. The normalized spacial score (nSPS) is 16.8. The number of fused-ring (bicyclic) bond motifs is 1. The third-order valence-electron chi connectivity index (χ3n) is 3.43. The number of nitrogens with one attached hydrogen (secondary N) is 1. The van der Waals surface area contributed by atoms with Crippen LogP contribution in [-0.2, 0) is 9.47 Å². The van der Waals surface area contributed by atoms with Crippen molar-refractivity contribution in [1.29, 1.82) is 0 Å². The average molecular weight is 270 g/mol. The van der Waals surface area contributed by atoms with Crippen molar-refractivity contribution in [2.24, 2.45) is 0 Å². The first-order valence-electron chi connectivity index (χ1n) is 6.66. The number of benzene rings is 1. The minimum Gasteiger partial charge on any atom is -0.464 e. The van der Waals surface area contributed by atoms with Gasteiger partial charge in [-0.15, -0.1) is 0 Å². The zero-order valence-corrected chi connectivity index (χ0v) is 10.8. The number of rotatable bonds is 2. The molecule has 5 heteroatoms. The Morgan fingerprint density at radius 1 is 1.20 bits per heavy atom. The molecule has 3 aromatic rings. The van der Waals surface area contributed by atoms with Crippen LogP contribution < -0.4 is 0 Å². The summed E-state index contributed by atoms with van der Waals surface area (Å²) in [7, 11) is 0. The highest BCUT2D eigenvalue weighted by Gasteiger charge is 2.22. The molecular weight excluding hydrogens is 256 g/mol. The van der Waals surface area contributed by atoms with Gasteiger partial charge in [-0.3, -0.25) is 0 Å². The fraction of sp³-hybridized carbons (Fsp3) is 0.267. The first-order valence-corrected chi connectivity index (χ1v) is 6.66. The maximum Gasteiger partial charge on any atom is 0.187 e. The third kappa shape index (κ3) is 1.92. The van der Waals surface area contributed by atoms with Crippen molar-refractivity contribution in [2.45, 2.75) is 12.7 Å². The molecule has 1 saturated heterocycles. The van der Waals surface area contributed by atoms with E-state index in [0.717, 1.165) is 34.3 Å². The summed E-state index contributed by atoms with van der Waals surface area (Å²) in [6.45, 7) is 1.41. The van der Waals surface area contributed by atoms with E-state index in [2.05, 4.69) is 9.97 Å². The Balaban J connectivity index is 1.86. The zero-order chi connectivity index (χ0) is 13.4. The fourth-order valence-electron chi connectivity index (χ4n) is 2.51. The van der Waals surface area contributed by atoms with Crippen molar-refractivity contribution >= 4 is 11.0 Å². The van der Waals surface area contributed by atoms with Gasteiger partial charge in [-0.05, 0) is 24.6 Å². The zero-order valence-electron chi connectivity index (χ0n) is 10.8. The smallest absolute Gasteiger partial charge is 0.187 e. The van der Waals surface area contributed by atoms with Crippen LogP contribution in [-0.4, -0.2) is 23.2 Å². The summed E-state index contributed by atoms with van der Waals surface area (Å²) in [6, 6.07) is 6.00. The predicted molar refractivity (Wildman–Crippen MR) is 73.1 cm³/mol. The van der Waals surface area contributed by atoms with Gasteiger partial charge >= 0.3 is 0 Å². The maximum absolute atomic E-state index is 5.70. The molecule has 1 aromatic carbocycles. The Kier molecular flexibility index (Phi) is 2.79. The lowest BCUT2D eigenvalue weighted by Gasteiger charge is -2.23. The molecule has 1 fully saturated rings. The van der Waals surface area contributed by atoms with Gasteiger partial charge < -0.3 is 18.9 Å². The van der Waals surface area contributed by atoms with E-state index in [4.69, 9.17) is 13.9 Å². The lowest BCUT2D eigenvalue weighted by Crippen LogP contribution is -2.17. The van der Waals surface area contributed by atoms with Crippen molar-refractivity contribution in [3.63, 3.8) is 0 Å². The summed E-state index contributed by atoms with van der Waals surface area (Å²) in [5.41, 5.74) is 2.72. The van der Waals surface area contributed by atoms with E-state index in [1.165, 1.54) is 0 Å². The third-order valence-corrected chi connectivity index (χ3v) is 3.43. The van der Waals surface area contributed by atoms with Crippen molar-refractivity contribution in [1.82, 2.24) is 9.97 Å². The van der Waals surface area contributed by atoms with Crippen LogP contribution in [0.5, 0.6) is 0 Å². The molecule has 0 bridgehead atoms. The molecule has 0 amide bonds. The second kappa shape index (κ2) is 4.77. The predicted octanol–water partition coefficient (Wildman–Crippen LogP) is 3.26. The summed E-state index contributed by atoms with van der Waals surface area (Å²) in [4.78, 5) is 7.41. The van der Waals surface area contributed by atoms with Crippen LogP contribution in [0.1, 0.15) is 18.3 Å². The second-order valence-corrected chi connectivity index (χ2v) is 4.77. The van der Waals surface area contributed by atoms with Gasteiger partial charge in [0.05, 0.1) is 25.0 Å². The molecule has 4 rings (SSSR count). The standard InChI is InChI=1S/C15H14N2O3/c1-5-19-15(20-6-1)12-9-11(14-16-3-4-17-14)8-10-2-7-18-13(10)12/h2-4,7-9,15H,1,5-6H2,(H,16,17).